The van der Waals surface area contributed by atoms with Crippen LogP contribution in [0.5, 0.6) is 0 Å². The van der Waals surface area contributed by atoms with Gasteiger partial charge in [0.2, 0.25) is 5.82 Å². The molecule has 0 unspecified atom stereocenters. The van der Waals surface area contributed by atoms with Gasteiger partial charge in [0.05, 0.1) is 4.92 Å². The van der Waals surface area contributed by atoms with E-state index in [0.717, 1.165) is 6.54 Å². The van der Waals surface area contributed by atoms with Crippen molar-refractivity contribution < 1.29 is 4.92 Å². The van der Waals surface area contributed by atoms with Crippen molar-refractivity contribution in [2.45, 2.75) is 27.7 Å². The van der Waals surface area contributed by atoms with Crippen molar-refractivity contribution in [1.29, 1.82) is 0 Å². The number of anilines is 2. The fourth-order valence-corrected chi connectivity index (χ4v) is 1.93. The summed E-state index contributed by atoms with van der Waals surface area (Å²) in [6.45, 7) is 9.64. The van der Waals surface area contributed by atoms with Crippen LogP contribution >= 0.6 is 0 Å². The Bertz CT molecular complexity index is 454. The third kappa shape index (κ3) is 4.39. The normalized spacial score (nSPS) is 11.2. The molecule has 0 atom stereocenters. The van der Waals surface area contributed by atoms with Crippen LogP contribution in [0.2, 0.25) is 0 Å². The van der Waals surface area contributed by atoms with Crippen molar-refractivity contribution in [3.8, 4) is 0 Å². The predicted molar refractivity (Wildman–Crippen MR) is 77.8 cm³/mol. The molecule has 1 heterocycles. The van der Waals surface area contributed by atoms with Crippen LogP contribution in [-0.4, -0.2) is 30.0 Å². The Kier molecular flexibility index (Phi) is 4.69. The maximum atomic E-state index is 11.1. The molecule has 0 fully saturated rings. The molecule has 0 spiro atoms. The predicted octanol–water partition coefficient (Wildman–Crippen LogP) is 2.90. The summed E-state index contributed by atoms with van der Waals surface area (Å²) in [5.41, 5.74) is 0.0757. The van der Waals surface area contributed by atoms with Gasteiger partial charge < -0.3 is 10.2 Å². The number of rotatable bonds is 5. The molecule has 1 rings (SSSR count). The van der Waals surface area contributed by atoms with E-state index >= 15 is 0 Å². The van der Waals surface area contributed by atoms with Crippen LogP contribution < -0.4 is 10.2 Å². The second-order valence-electron chi connectivity index (χ2n) is 5.74. The van der Waals surface area contributed by atoms with Crippen LogP contribution in [0.1, 0.15) is 27.7 Å². The van der Waals surface area contributed by atoms with E-state index in [2.05, 4.69) is 31.1 Å². The van der Waals surface area contributed by atoms with Crippen molar-refractivity contribution in [3.05, 3.63) is 22.2 Å². The van der Waals surface area contributed by atoms with E-state index in [4.69, 9.17) is 0 Å². The zero-order valence-electron chi connectivity index (χ0n) is 12.2. The summed E-state index contributed by atoms with van der Waals surface area (Å²) < 4.78 is 0. The van der Waals surface area contributed by atoms with Gasteiger partial charge in [0.15, 0.2) is 0 Å². The van der Waals surface area contributed by atoms with Gasteiger partial charge in [-0.1, -0.05) is 20.8 Å². The molecule has 1 aromatic heterocycles. The molecule has 0 aromatic carbocycles. The maximum Gasteiger partial charge on any atom is 0.311 e. The highest BCUT2D eigenvalue weighted by atomic mass is 16.6. The molecule has 0 amide bonds. The Morgan fingerprint density at radius 2 is 2.05 bits per heavy atom. The molecule has 0 aliphatic heterocycles. The van der Waals surface area contributed by atoms with E-state index in [9.17, 15) is 10.1 Å². The highest BCUT2D eigenvalue weighted by Gasteiger charge is 2.23. The molecule has 0 radical (unpaired) electrons. The minimum Gasteiger partial charge on any atom is -0.370 e. The monoisotopic (exact) mass is 266 g/mol. The lowest BCUT2D eigenvalue weighted by Crippen LogP contribution is -2.30. The summed E-state index contributed by atoms with van der Waals surface area (Å²) in [6, 6.07) is 3.13. The molecular formula is C13H22N4O2. The molecule has 6 heteroatoms. The first-order valence-corrected chi connectivity index (χ1v) is 6.35. The summed E-state index contributed by atoms with van der Waals surface area (Å²) in [6.07, 6.45) is 0. The molecule has 0 bridgehead atoms. The Hall–Kier alpha value is -1.85. The molecule has 19 heavy (non-hydrogen) atoms. The summed E-state index contributed by atoms with van der Waals surface area (Å²) >= 11 is 0. The first-order chi connectivity index (χ1) is 8.74. The number of nitro groups is 1. The van der Waals surface area contributed by atoms with Crippen molar-refractivity contribution in [3.63, 3.8) is 0 Å². The van der Waals surface area contributed by atoms with E-state index in [1.54, 1.807) is 6.07 Å². The van der Waals surface area contributed by atoms with Gasteiger partial charge in [-0.15, -0.1) is 0 Å². The minimum absolute atomic E-state index is 0.0356. The standard InChI is InChI=1S/C13H22N4O2/c1-6-14-11-8-7-10(17(18)19)12(15-11)16(5)9-13(2,3)4/h7-8H,6,9H2,1-5H3,(H,14,15). The summed E-state index contributed by atoms with van der Waals surface area (Å²) in [5.74, 6) is 1.06. The largest absolute Gasteiger partial charge is 0.370 e. The maximum absolute atomic E-state index is 11.1. The first kappa shape index (κ1) is 15.2. The second-order valence-corrected chi connectivity index (χ2v) is 5.74. The van der Waals surface area contributed by atoms with Gasteiger partial charge in [-0.25, -0.2) is 4.98 Å². The quantitative estimate of drug-likeness (QED) is 0.655. The van der Waals surface area contributed by atoms with Crippen molar-refractivity contribution in [2.24, 2.45) is 5.41 Å². The van der Waals surface area contributed by atoms with E-state index < -0.39 is 4.92 Å². The number of aromatic nitrogens is 1. The van der Waals surface area contributed by atoms with E-state index in [1.165, 1.54) is 6.07 Å². The molecule has 6 nitrogen and oxygen atoms in total. The lowest BCUT2D eigenvalue weighted by atomic mass is 9.96. The molecule has 0 saturated carbocycles. The highest BCUT2D eigenvalue weighted by Crippen LogP contribution is 2.29. The molecule has 1 N–H and O–H groups in total. The summed E-state index contributed by atoms with van der Waals surface area (Å²) in [5, 5.41) is 14.2. The summed E-state index contributed by atoms with van der Waals surface area (Å²) in [7, 11) is 1.83. The van der Waals surface area contributed by atoms with Crippen LogP contribution in [0.25, 0.3) is 0 Å². The van der Waals surface area contributed by atoms with Gasteiger partial charge in [-0.2, -0.15) is 0 Å². The van der Waals surface area contributed by atoms with Crippen LogP contribution in [-0.2, 0) is 0 Å². The van der Waals surface area contributed by atoms with Crippen LogP contribution in [0.3, 0.4) is 0 Å². The average Bonchev–Trinajstić information content (AvgIpc) is 2.26. The van der Waals surface area contributed by atoms with E-state index in [0.29, 0.717) is 18.2 Å². The minimum atomic E-state index is -0.392. The summed E-state index contributed by atoms with van der Waals surface area (Å²) in [4.78, 5) is 16.9. The molecule has 0 aliphatic carbocycles. The molecule has 0 aliphatic rings. The van der Waals surface area contributed by atoms with Gasteiger partial charge in [0.25, 0.3) is 0 Å². The molecular weight excluding hydrogens is 244 g/mol. The van der Waals surface area contributed by atoms with Crippen LogP contribution in [0.4, 0.5) is 17.3 Å². The first-order valence-electron chi connectivity index (χ1n) is 6.35. The zero-order valence-corrected chi connectivity index (χ0v) is 12.2. The van der Waals surface area contributed by atoms with Gasteiger partial charge in [-0.3, -0.25) is 10.1 Å². The van der Waals surface area contributed by atoms with Gasteiger partial charge in [0.1, 0.15) is 5.82 Å². The number of pyridine rings is 1. The third-order valence-corrected chi connectivity index (χ3v) is 2.48. The van der Waals surface area contributed by atoms with E-state index in [1.807, 2.05) is 18.9 Å². The number of hydrogen-bond donors (Lipinski definition) is 1. The van der Waals surface area contributed by atoms with Gasteiger partial charge in [-0.05, 0) is 18.4 Å². The number of nitrogens with one attached hydrogen (secondary N) is 1. The highest BCUT2D eigenvalue weighted by molar-refractivity contribution is 5.61. The zero-order chi connectivity index (χ0) is 14.6. The lowest BCUT2D eigenvalue weighted by molar-refractivity contribution is -0.384. The Labute approximate surface area is 114 Å². The smallest absolute Gasteiger partial charge is 0.311 e. The lowest BCUT2D eigenvalue weighted by Gasteiger charge is -2.27. The van der Waals surface area contributed by atoms with Crippen molar-refractivity contribution in [1.82, 2.24) is 4.98 Å². The average molecular weight is 266 g/mol. The molecule has 106 valence electrons. The van der Waals surface area contributed by atoms with Crippen LogP contribution in [0, 0.1) is 15.5 Å². The SMILES string of the molecule is CCNc1ccc([N+](=O)[O-])c(N(C)CC(C)(C)C)n1. The topological polar surface area (TPSA) is 71.3 Å². The van der Waals surface area contributed by atoms with Crippen molar-refractivity contribution in [2.75, 3.05) is 30.4 Å². The van der Waals surface area contributed by atoms with E-state index in [-0.39, 0.29) is 11.1 Å². The Morgan fingerprint density at radius 1 is 1.42 bits per heavy atom. The number of nitrogens with zero attached hydrogens (tertiary/aromatic N) is 3. The number of hydrogen-bond acceptors (Lipinski definition) is 5. The third-order valence-electron chi connectivity index (χ3n) is 2.48. The fraction of sp³-hybridized carbons (Fsp3) is 0.615. The van der Waals surface area contributed by atoms with Crippen molar-refractivity contribution >= 4 is 17.3 Å². The molecule has 1 aromatic rings. The van der Waals surface area contributed by atoms with Gasteiger partial charge >= 0.3 is 5.69 Å². The second kappa shape index (κ2) is 5.86. The Morgan fingerprint density at radius 3 is 2.53 bits per heavy atom. The Balaban J connectivity index is 3.13. The van der Waals surface area contributed by atoms with Gasteiger partial charge in [0, 0.05) is 26.2 Å². The molecule has 0 saturated heterocycles. The fourth-order valence-electron chi connectivity index (χ4n) is 1.93. The van der Waals surface area contributed by atoms with Crippen LogP contribution in [0.15, 0.2) is 12.1 Å².